The Labute approximate surface area is 158 Å². The number of rotatable bonds is 5. The van der Waals surface area contributed by atoms with E-state index in [1.54, 1.807) is 23.1 Å². The Balaban J connectivity index is 1.41. The largest absolute Gasteiger partial charge is 0.333 e. The molecule has 25 heavy (non-hydrogen) atoms. The summed E-state index contributed by atoms with van der Waals surface area (Å²) in [6.07, 6.45) is 0. The molecule has 126 valence electrons. The Morgan fingerprint density at radius 1 is 1.16 bits per heavy atom. The molecule has 0 radical (unpaired) electrons. The van der Waals surface area contributed by atoms with Crippen LogP contribution in [0.3, 0.4) is 0 Å². The fraction of sp³-hybridized carbons (Fsp3) is 0.111. The molecule has 0 spiro atoms. The predicted octanol–water partition coefficient (Wildman–Crippen LogP) is 6.02. The number of hydrogen-bond acceptors (Lipinski definition) is 5. The number of thiazole rings is 1. The van der Waals surface area contributed by atoms with Gasteiger partial charge in [0.1, 0.15) is 0 Å². The van der Waals surface area contributed by atoms with E-state index in [-0.39, 0.29) is 0 Å². The second kappa shape index (κ2) is 7.07. The van der Waals surface area contributed by atoms with Crippen LogP contribution in [0.4, 0.5) is 10.8 Å². The van der Waals surface area contributed by atoms with Crippen LogP contribution in [-0.2, 0) is 5.75 Å². The highest BCUT2D eigenvalue weighted by Gasteiger charge is 2.07. The Morgan fingerprint density at radius 2 is 2.00 bits per heavy atom. The van der Waals surface area contributed by atoms with Gasteiger partial charge in [0.2, 0.25) is 0 Å². The van der Waals surface area contributed by atoms with Gasteiger partial charge < -0.3 is 10.3 Å². The van der Waals surface area contributed by atoms with Crippen molar-refractivity contribution in [3.63, 3.8) is 0 Å². The lowest BCUT2D eigenvalue weighted by molar-refractivity contribution is 1.07. The lowest BCUT2D eigenvalue weighted by Gasteiger charge is -2.02. The van der Waals surface area contributed by atoms with E-state index in [4.69, 9.17) is 11.6 Å². The molecule has 0 amide bonds. The highest BCUT2D eigenvalue weighted by Crippen LogP contribution is 2.27. The first-order valence-electron chi connectivity index (χ1n) is 7.72. The van der Waals surface area contributed by atoms with E-state index < -0.39 is 0 Å². The van der Waals surface area contributed by atoms with Crippen molar-refractivity contribution >= 4 is 56.6 Å². The van der Waals surface area contributed by atoms with E-state index in [0.717, 1.165) is 38.5 Å². The number of fused-ring (bicyclic) bond motifs is 1. The maximum atomic E-state index is 6.01. The molecule has 7 heteroatoms. The fourth-order valence-electron chi connectivity index (χ4n) is 2.36. The van der Waals surface area contributed by atoms with E-state index >= 15 is 0 Å². The van der Waals surface area contributed by atoms with Crippen molar-refractivity contribution < 1.29 is 0 Å². The molecule has 0 bridgehead atoms. The molecule has 0 saturated heterocycles. The number of aromatic amines is 1. The second-order valence-corrected chi connectivity index (χ2v) is 7.89. The maximum absolute atomic E-state index is 6.01. The number of hydrogen-bond donors (Lipinski definition) is 2. The van der Waals surface area contributed by atoms with Crippen LogP contribution in [0.2, 0.25) is 5.02 Å². The van der Waals surface area contributed by atoms with Gasteiger partial charge in [-0.25, -0.2) is 9.97 Å². The highest BCUT2D eigenvalue weighted by molar-refractivity contribution is 7.98. The average Bonchev–Trinajstić information content (AvgIpc) is 3.21. The first-order valence-corrected chi connectivity index (χ1v) is 9.96. The van der Waals surface area contributed by atoms with Crippen molar-refractivity contribution in [3.05, 3.63) is 64.1 Å². The van der Waals surface area contributed by atoms with Gasteiger partial charge in [0.25, 0.3) is 0 Å². The van der Waals surface area contributed by atoms with Crippen LogP contribution in [0.5, 0.6) is 0 Å². The van der Waals surface area contributed by atoms with E-state index in [2.05, 4.69) is 56.8 Å². The number of H-pyrrole nitrogens is 1. The molecule has 2 aromatic carbocycles. The molecule has 0 saturated carbocycles. The van der Waals surface area contributed by atoms with Crippen molar-refractivity contribution in [3.8, 4) is 0 Å². The molecule has 4 aromatic rings. The third-order valence-electron chi connectivity index (χ3n) is 3.63. The molecule has 2 aromatic heterocycles. The average molecular weight is 387 g/mol. The summed E-state index contributed by atoms with van der Waals surface area (Å²) in [5.74, 6) is 0.764. The summed E-state index contributed by atoms with van der Waals surface area (Å²) in [7, 11) is 0. The number of halogens is 1. The predicted molar refractivity (Wildman–Crippen MR) is 107 cm³/mol. The number of nitrogens with zero attached hydrogens (tertiary/aromatic N) is 2. The summed E-state index contributed by atoms with van der Waals surface area (Å²) < 4.78 is 0. The normalized spacial score (nSPS) is 11.1. The third-order valence-corrected chi connectivity index (χ3v) is 5.58. The van der Waals surface area contributed by atoms with Crippen molar-refractivity contribution in [2.24, 2.45) is 0 Å². The lowest BCUT2D eigenvalue weighted by Crippen LogP contribution is -1.90. The molecule has 0 fully saturated rings. The van der Waals surface area contributed by atoms with Crippen LogP contribution in [0.25, 0.3) is 11.0 Å². The summed E-state index contributed by atoms with van der Waals surface area (Å²) in [5, 5.41) is 7.89. The number of aromatic nitrogens is 3. The van der Waals surface area contributed by atoms with E-state index in [9.17, 15) is 0 Å². The minimum Gasteiger partial charge on any atom is -0.333 e. The minimum absolute atomic E-state index is 0.707. The molecule has 0 atom stereocenters. The van der Waals surface area contributed by atoms with E-state index in [1.165, 1.54) is 5.56 Å². The number of aryl methyl sites for hydroxylation is 1. The van der Waals surface area contributed by atoms with Crippen LogP contribution in [0, 0.1) is 6.92 Å². The highest BCUT2D eigenvalue weighted by atomic mass is 35.5. The van der Waals surface area contributed by atoms with Gasteiger partial charge in [0, 0.05) is 21.8 Å². The SMILES string of the molecule is Cc1ccc(Nc2nc(CSc3nc4ccc(Cl)cc4[nH]3)cs2)cc1. The summed E-state index contributed by atoms with van der Waals surface area (Å²) in [6, 6.07) is 13.9. The van der Waals surface area contributed by atoms with Gasteiger partial charge in [-0.3, -0.25) is 0 Å². The monoisotopic (exact) mass is 386 g/mol. The van der Waals surface area contributed by atoms with Gasteiger partial charge in [-0.2, -0.15) is 0 Å². The van der Waals surface area contributed by atoms with Gasteiger partial charge in [-0.15, -0.1) is 11.3 Å². The number of nitrogens with one attached hydrogen (secondary N) is 2. The van der Waals surface area contributed by atoms with Crippen LogP contribution in [-0.4, -0.2) is 15.0 Å². The van der Waals surface area contributed by atoms with Crippen LogP contribution < -0.4 is 5.32 Å². The first kappa shape index (κ1) is 16.4. The minimum atomic E-state index is 0.707. The molecular formula is C18H15ClN4S2. The Hall–Kier alpha value is -2.02. The lowest BCUT2D eigenvalue weighted by atomic mass is 10.2. The van der Waals surface area contributed by atoms with Gasteiger partial charge in [0.15, 0.2) is 10.3 Å². The van der Waals surface area contributed by atoms with Gasteiger partial charge >= 0.3 is 0 Å². The summed E-state index contributed by atoms with van der Waals surface area (Å²) in [4.78, 5) is 12.5. The fourth-order valence-corrected chi connectivity index (χ4v) is 4.15. The zero-order chi connectivity index (χ0) is 17.2. The van der Waals surface area contributed by atoms with E-state index in [1.807, 2.05) is 18.2 Å². The van der Waals surface area contributed by atoms with Crippen LogP contribution in [0.15, 0.2) is 53.0 Å². The van der Waals surface area contributed by atoms with Crippen LogP contribution >= 0.6 is 34.7 Å². The number of benzene rings is 2. The molecule has 0 unspecified atom stereocenters. The molecule has 0 aliphatic heterocycles. The molecule has 2 heterocycles. The summed E-state index contributed by atoms with van der Waals surface area (Å²) in [5.41, 5.74) is 5.20. The zero-order valence-electron chi connectivity index (χ0n) is 13.4. The number of imidazole rings is 1. The Bertz CT molecular complexity index is 1010. The van der Waals surface area contributed by atoms with Crippen LogP contribution in [0.1, 0.15) is 11.3 Å². The number of thioether (sulfide) groups is 1. The topological polar surface area (TPSA) is 53.6 Å². The van der Waals surface area contributed by atoms with E-state index in [0.29, 0.717) is 5.02 Å². The van der Waals surface area contributed by atoms with Crippen molar-refractivity contribution in [1.29, 1.82) is 0 Å². The Morgan fingerprint density at radius 3 is 2.84 bits per heavy atom. The molecule has 4 nitrogen and oxygen atoms in total. The molecule has 0 aliphatic rings. The van der Waals surface area contributed by atoms with Crippen molar-refractivity contribution in [1.82, 2.24) is 15.0 Å². The standard InChI is InChI=1S/C18H15ClN4S2/c1-11-2-5-13(6-3-11)20-17-21-14(9-24-17)10-25-18-22-15-7-4-12(19)8-16(15)23-18/h2-9H,10H2,1H3,(H,20,21)(H,22,23). The van der Waals surface area contributed by atoms with Crippen molar-refractivity contribution in [2.75, 3.05) is 5.32 Å². The number of anilines is 2. The van der Waals surface area contributed by atoms with Gasteiger partial charge in [-0.1, -0.05) is 41.1 Å². The quantitative estimate of drug-likeness (QED) is 0.412. The third kappa shape index (κ3) is 3.98. The second-order valence-electron chi connectivity index (χ2n) is 5.63. The van der Waals surface area contributed by atoms with Crippen molar-refractivity contribution in [2.45, 2.75) is 17.8 Å². The molecule has 2 N–H and O–H groups in total. The molecule has 4 rings (SSSR count). The first-order chi connectivity index (χ1) is 12.2. The van der Waals surface area contributed by atoms with Gasteiger partial charge in [0.05, 0.1) is 16.7 Å². The smallest absolute Gasteiger partial charge is 0.187 e. The Kier molecular flexibility index (Phi) is 4.65. The maximum Gasteiger partial charge on any atom is 0.187 e. The molecule has 0 aliphatic carbocycles. The summed E-state index contributed by atoms with van der Waals surface area (Å²) in [6.45, 7) is 2.08. The molecular weight excluding hydrogens is 372 g/mol. The summed E-state index contributed by atoms with van der Waals surface area (Å²) >= 11 is 9.25. The zero-order valence-corrected chi connectivity index (χ0v) is 15.8. The van der Waals surface area contributed by atoms with Gasteiger partial charge in [-0.05, 0) is 37.3 Å².